The first kappa shape index (κ1) is 39.1. The summed E-state index contributed by atoms with van der Waals surface area (Å²) in [5.74, 6) is 1.35. The van der Waals surface area contributed by atoms with Crippen LogP contribution in [0.25, 0.3) is 0 Å². The first-order chi connectivity index (χ1) is 21.8. The zero-order valence-corrected chi connectivity index (χ0v) is 28.8. The third-order valence-electron chi connectivity index (χ3n) is 8.58. The molecule has 2 heterocycles. The number of ether oxygens (including phenoxy) is 5. The number of unbranched alkanes of at least 4 members (excludes halogenated alkanes) is 18. The van der Waals surface area contributed by atoms with Crippen LogP contribution in [0.5, 0.6) is 0 Å². The summed E-state index contributed by atoms with van der Waals surface area (Å²) in [6.45, 7) is 8.66. The van der Waals surface area contributed by atoms with Crippen LogP contribution in [0.4, 0.5) is 0 Å². The van der Waals surface area contributed by atoms with Crippen molar-refractivity contribution in [1.82, 2.24) is 15.2 Å². The van der Waals surface area contributed by atoms with E-state index in [1.807, 2.05) is 0 Å². The fourth-order valence-corrected chi connectivity index (χ4v) is 5.82. The molecule has 8 nitrogen and oxygen atoms in total. The van der Waals surface area contributed by atoms with Gasteiger partial charge in [-0.2, -0.15) is 5.10 Å². The number of hydrogen-bond donors (Lipinski definition) is 1. The Bertz CT molecular complexity index is 678. The number of aromatic amines is 1. The van der Waals surface area contributed by atoms with Crippen molar-refractivity contribution in [3.8, 4) is 0 Å². The van der Waals surface area contributed by atoms with E-state index >= 15 is 0 Å². The number of H-pyrrole nitrogens is 1. The summed E-state index contributed by atoms with van der Waals surface area (Å²) in [5, 5.41) is 7.18. The summed E-state index contributed by atoms with van der Waals surface area (Å²) in [6.07, 6.45) is 29.0. The predicted molar refractivity (Wildman–Crippen MR) is 179 cm³/mol. The Morgan fingerprint density at radius 1 is 0.523 bits per heavy atom. The number of rotatable bonds is 22. The molecule has 0 saturated heterocycles. The highest BCUT2D eigenvalue weighted by atomic mass is 16.6. The fourth-order valence-electron chi connectivity index (χ4n) is 5.82. The summed E-state index contributed by atoms with van der Waals surface area (Å²) < 4.78 is 30.3. The van der Waals surface area contributed by atoms with Crippen molar-refractivity contribution in [2.24, 2.45) is 0 Å². The van der Waals surface area contributed by atoms with Gasteiger partial charge >= 0.3 is 0 Å². The van der Waals surface area contributed by atoms with Crippen molar-refractivity contribution < 1.29 is 23.7 Å². The molecule has 0 aromatic carbocycles. The molecular weight excluding hydrogens is 554 g/mol. The summed E-state index contributed by atoms with van der Waals surface area (Å²) in [4.78, 5) is 4.46. The molecule has 0 aliphatic carbocycles. The zero-order valence-electron chi connectivity index (χ0n) is 28.8. The molecule has 1 N–H and O–H groups in total. The van der Waals surface area contributed by atoms with E-state index in [4.69, 9.17) is 23.7 Å². The molecule has 0 saturated carbocycles. The van der Waals surface area contributed by atoms with Crippen molar-refractivity contribution >= 4 is 0 Å². The molecule has 0 radical (unpaired) electrons. The highest BCUT2D eigenvalue weighted by molar-refractivity contribution is 4.87. The minimum atomic E-state index is 0.0861. The Hall–Kier alpha value is -1.06. The Morgan fingerprint density at radius 2 is 0.955 bits per heavy atom. The van der Waals surface area contributed by atoms with Crippen LogP contribution in [-0.2, 0) is 36.9 Å². The van der Waals surface area contributed by atoms with Crippen molar-refractivity contribution in [2.45, 2.75) is 181 Å². The van der Waals surface area contributed by atoms with Gasteiger partial charge in [0, 0.05) is 0 Å². The van der Waals surface area contributed by atoms with Gasteiger partial charge in [-0.3, -0.25) is 5.10 Å². The zero-order chi connectivity index (χ0) is 31.2. The van der Waals surface area contributed by atoms with Crippen LogP contribution in [0.15, 0.2) is 0 Å². The number of nitrogens with zero attached hydrogens (tertiary/aromatic N) is 2. The van der Waals surface area contributed by atoms with Gasteiger partial charge in [0.1, 0.15) is 13.2 Å². The van der Waals surface area contributed by atoms with Crippen LogP contribution in [0.1, 0.15) is 167 Å². The van der Waals surface area contributed by atoms with Crippen LogP contribution >= 0.6 is 0 Å². The lowest BCUT2D eigenvalue weighted by molar-refractivity contribution is -0.0784. The van der Waals surface area contributed by atoms with Crippen LogP contribution in [0.3, 0.4) is 0 Å². The highest BCUT2D eigenvalue weighted by Gasteiger charge is 2.15. The summed E-state index contributed by atoms with van der Waals surface area (Å²) in [5.41, 5.74) is 0. The molecule has 0 spiro atoms. The number of nitrogens with one attached hydrogen (secondary N) is 1. The summed E-state index contributed by atoms with van der Waals surface area (Å²) in [6, 6.07) is 0. The van der Waals surface area contributed by atoms with Gasteiger partial charge in [-0.25, -0.2) is 4.98 Å². The SMILES string of the molecule is CCCCCCCCCCCCC1COCC(CCCCCCCCCCCC)OCCOCc2nc(n[nH]2)COCCO1. The maximum absolute atomic E-state index is 6.25. The molecule has 8 heteroatoms. The van der Waals surface area contributed by atoms with Gasteiger partial charge < -0.3 is 23.7 Å². The predicted octanol–water partition coefficient (Wildman–Crippen LogP) is 9.26. The molecule has 2 bridgehead atoms. The van der Waals surface area contributed by atoms with Crippen molar-refractivity contribution in [1.29, 1.82) is 0 Å². The Labute approximate surface area is 270 Å². The topological polar surface area (TPSA) is 87.7 Å². The average Bonchev–Trinajstić information content (AvgIpc) is 3.48. The molecule has 2 atom stereocenters. The quantitative estimate of drug-likeness (QED) is 0.129. The van der Waals surface area contributed by atoms with Gasteiger partial charge in [0.05, 0.1) is 51.8 Å². The minimum absolute atomic E-state index is 0.0861. The van der Waals surface area contributed by atoms with E-state index < -0.39 is 0 Å². The number of hydrogen-bond acceptors (Lipinski definition) is 7. The van der Waals surface area contributed by atoms with Crippen molar-refractivity contribution in [3.63, 3.8) is 0 Å². The molecule has 2 unspecified atom stereocenters. The third kappa shape index (κ3) is 22.4. The maximum atomic E-state index is 6.25. The van der Waals surface area contributed by atoms with Gasteiger partial charge in [-0.1, -0.05) is 142 Å². The first-order valence-electron chi connectivity index (χ1n) is 18.7. The lowest BCUT2D eigenvalue weighted by atomic mass is 10.0. The molecule has 1 aromatic rings. The molecule has 44 heavy (non-hydrogen) atoms. The normalized spacial score (nSPS) is 19.5. The molecule has 258 valence electrons. The van der Waals surface area contributed by atoms with Gasteiger partial charge in [0.25, 0.3) is 0 Å². The standard InChI is InChI=1S/C36H69N3O5/c1-3-5-7-9-11-13-15-17-19-21-23-33-29-42-30-34(24-22-20-18-16-14-12-10-8-6-4-2)44-28-26-41-32-36-37-35(38-39-36)31-40-25-27-43-33/h33-34H,3-32H2,1-2H3,(H,37,38,39). The Kier molecular flexibility index (Phi) is 26.1. The summed E-state index contributed by atoms with van der Waals surface area (Å²) >= 11 is 0. The third-order valence-corrected chi connectivity index (χ3v) is 8.58. The fraction of sp³-hybridized carbons (Fsp3) is 0.944. The van der Waals surface area contributed by atoms with Gasteiger partial charge in [-0.05, 0) is 12.8 Å². The molecule has 1 aromatic heterocycles. The monoisotopic (exact) mass is 624 g/mol. The minimum Gasteiger partial charge on any atom is -0.376 e. The van der Waals surface area contributed by atoms with Gasteiger partial charge in [-0.15, -0.1) is 0 Å². The molecule has 1 aliphatic rings. The van der Waals surface area contributed by atoms with E-state index in [-0.39, 0.29) is 12.2 Å². The lowest BCUT2D eigenvalue weighted by Gasteiger charge is -2.22. The second-order valence-corrected chi connectivity index (χ2v) is 12.8. The van der Waals surface area contributed by atoms with E-state index in [1.54, 1.807) is 0 Å². The van der Waals surface area contributed by atoms with E-state index in [0.717, 1.165) is 12.8 Å². The first-order valence-corrected chi connectivity index (χ1v) is 18.7. The Morgan fingerprint density at radius 3 is 1.43 bits per heavy atom. The lowest BCUT2D eigenvalue weighted by Crippen LogP contribution is -2.27. The maximum Gasteiger partial charge on any atom is 0.176 e. The Balaban J connectivity index is 1.72. The highest BCUT2D eigenvalue weighted by Crippen LogP contribution is 2.16. The second kappa shape index (κ2) is 29.3. The largest absolute Gasteiger partial charge is 0.376 e. The van der Waals surface area contributed by atoms with Crippen LogP contribution in [0, 0.1) is 0 Å². The van der Waals surface area contributed by atoms with E-state index in [2.05, 4.69) is 29.0 Å². The van der Waals surface area contributed by atoms with Crippen LogP contribution in [-0.4, -0.2) is 67.0 Å². The molecule has 0 fully saturated rings. The molecule has 0 amide bonds. The molecule has 2 rings (SSSR count). The second-order valence-electron chi connectivity index (χ2n) is 12.8. The number of fused-ring (bicyclic) bond motifs is 2. The summed E-state index contributed by atoms with van der Waals surface area (Å²) in [7, 11) is 0. The van der Waals surface area contributed by atoms with Gasteiger partial charge in [0.15, 0.2) is 11.6 Å². The molecular formula is C36H69N3O5. The van der Waals surface area contributed by atoms with E-state index in [0.29, 0.717) is 64.5 Å². The number of aromatic nitrogens is 3. The van der Waals surface area contributed by atoms with E-state index in [1.165, 1.54) is 128 Å². The van der Waals surface area contributed by atoms with Crippen LogP contribution in [0.2, 0.25) is 0 Å². The van der Waals surface area contributed by atoms with Crippen molar-refractivity contribution in [3.05, 3.63) is 11.6 Å². The van der Waals surface area contributed by atoms with Crippen LogP contribution < -0.4 is 0 Å². The van der Waals surface area contributed by atoms with Gasteiger partial charge in [0.2, 0.25) is 0 Å². The molecule has 1 aliphatic heterocycles. The smallest absolute Gasteiger partial charge is 0.176 e. The van der Waals surface area contributed by atoms with Crippen molar-refractivity contribution in [2.75, 3.05) is 39.6 Å². The van der Waals surface area contributed by atoms with E-state index in [9.17, 15) is 0 Å². The average molecular weight is 624 g/mol.